The van der Waals surface area contributed by atoms with Gasteiger partial charge in [0.25, 0.3) is 0 Å². The van der Waals surface area contributed by atoms with E-state index in [0.29, 0.717) is 22.2 Å². The Morgan fingerprint density at radius 1 is 1.00 bits per heavy atom. The molecule has 3 aliphatic carbocycles. The fraction of sp³-hybridized carbons (Fsp3) is 0.556. The van der Waals surface area contributed by atoms with Crippen LogP contribution in [-0.4, -0.2) is 25.1 Å². The first-order valence-corrected chi connectivity index (χ1v) is 12.6. The summed E-state index contributed by atoms with van der Waals surface area (Å²) in [5.41, 5.74) is 4.60. The predicted octanol–water partition coefficient (Wildman–Crippen LogP) is 6.80. The predicted molar refractivity (Wildman–Crippen MR) is 131 cm³/mol. The van der Waals surface area contributed by atoms with Gasteiger partial charge in [-0.15, -0.1) is 0 Å². The maximum atomic E-state index is 5.50. The summed E-state index contributed by atoms with van der Waals surface area (Å²) in [5, 5.41) is 3.93. The van der Waals surface area contributed by atoms with E-state index in [0.717, 1.165) is 23.3 Å². The molecule has 0 radical (unpaired) electrons. The second-order valence-electron chi connectivity index (χ2n) is 10.0. The van der Waals surface area contributed by atoms with Crippen LogP contribution in [0.2, 0.25) is 0 Å². The largest absolute Gasteiger partial charge is 0.497 e. The van der Waals surface area contributed by atoms with Crippen molar-refractivity contribution in [1.82, 2.24) is 0 Å². The summed E-state index contributed by atoms with van der Waals surface area (Å²) < 4.78 is 11.0. The number of rotatable bonds is 4. The van der Waals surface area contributed by atoms with Crippen molar-refractivity contribution in [3.8, 4) is 11.5 Å². The summed E-state index contributed by atoms with van der Waals surface area (Å²) in [4.78, 5) is 0.574. The Balaban J connectivity index is 1.43. The SMILES string of the molecule is COc1cccc(N[C@H]2C[C@@H](Br)C[C@H]3[C@@H]4CCc5cc(OC)ccc5[C@H]4CC[C@]23C)c1. The minimum absolute atomic E-state index is 0.318. The van der Waals surface area contributed by atoms with Crippen LogP contribution in [-0.2, 0) is 6.42 Å². The number of fused-ring (bicyclic) bond motifs is 5. The monoisotopic (exact) mass is 483 g/mol. The van der Waals surface area contributed by atoms with Gasteiger partial charge in [-0.1, -0.05) is 35.0 Å². The van der Waals surface area contributed by atoms with Crippen LogP contribution in [0.5, 0.6) is 11.5 Å². The highest BCUT2D eigenvalue weighted by Crippen LogP contribution is 2.60. The molecule has 2 aromatic carbocycles. The van der Waals surface area contributed by atoms with E-state index in [4.69, 9.17) is 9.47 Å². The standard InChI is InChI=1S/C27H34BrNO2/c1-27-12-11-23-22-10-8-21(31-3)13-17(22)7-9-24(23)25(27)14-18(28)15-26(27)29-19-5-4-6-20(16-19)30-2/h4-6,8,10,13,16,18,23-26,29H,7,9,11-12,14-15H2,1-3H3/t18-,23+,24+,25-,26-,27-/m0/s1. The van der Waals surface area contributed by atoms with Gasteiger partial charge in [0.1, 0.15) is 11.5 Å². The molecule has 166 valence electrons. The maximum absolute atomic E-state index is 5.50. The molecule has 5 rings (SSSR count). The lowest BCUT2D eigenvalue weighted by atomic mass is 9.49. The van der Waals surface area contributed by atoms with Crippen molar-refractivity contribution in [2.75, 3.05) is 19.5 Å². The van der Waals surface area contributed by atoms with Gasteiger partial charge in [-0.25, -0.2) is 0 Å². The van der Waals surface area contributed by atoms with Crippen molar-refractivity contribution in [3.05, 3.63) is 53.6 Å². The molecule has 0 aromatic heterocycles. The summed E-state index contributed by atoms with van der Waals surface area (Å²) in [5.74, 6) is 4.12. The molecule has 2 fully saturated rings. The molecule has 0 saturated heterocycles. The molecule has 6 atom stereocenters. The fourth-order valence-corrected chi connectivity index (χ4v) is 7.72. The molecular weight excluding hydrogens is 450 g/mol. The van der Waals surface area contributed by atoms with Gasteiger partial charge in [0.2, 0.25) is 0 Å². The van der Waals surface area contributed by atoms with Gasteiger partial charge in [0.05, 0.1) is 14.2 Å². The van der Waals surface area contributed by atoms with Gasteiger partial charge in [0, 0.05) is 22.6 Å². The van der Waals surface area contributed by atoms with E-state index in [2.05, 4.69) is 64.6 Å². The fourth-order valence-electron chi connectivity index (χ4n) is 6.94. The second-order valence-corrected chi connectivity index (χ2v) is 11.3. The lowest BCUT2D eigenvalue weighted by Crippen LogP contribution is -2.55. The zero-order valence-electron chi connectivity index (χ0n) is 18.9. The number of anilines is 1. The van der Waals surface area contributed by atoms with Crippen LogP contribution in [0.1, 0.15) is 56.1 Å². The molecule has 3 aliphatic rings. The highest BCUT2D eigenvalue weighted by atomic mass is 79.9. The number of halogens is 1. The third-order valence-corrected chi connectivity index (χ3v) is 9.33. The van der Waals surface area contributed by atoms with Crippen LogP contribution >= 0.6 is 15.9 Å². The van der Waals surface area contributed by atoms with E-state index in [1.165, 1.54) is 49.8 Å². The third-order valence-electron chi connectivity index (χ3n) is 8.58. The molecule has 0 heterocycles. The van der Waals surface area contributed by atoms with Crippen molar-refractivity contribution in [2.24, 2.45) is 17.3 Å². The van der Waals surface area contributed by atoms with E-state index < -0.39 is 0 Å². The van der Waals surface area contributed by atoms with Crippen LogP contribution in [0.4, 0.5) is 5.69 Å². The number of hydrogen-bond acceptors (Lipinski definition) is 3. The maximum Gasteiger partial charge on any atom is 0.120 e. The van der Waals surface area contributed by atoms with Gasteiger partial charge in [-0.05, 0) is 97.1 Å². The molecule has 0 bridgehead atoms. The topological polar surface area (TPSA) is 30.5 Å². The van der Waals surface area contributed by atoms with Crippen LogP contribution < -0.4 is 14.8 Å². The summed E-state index contributed by atoms with van der Waals surface area (Å²) in [6.45, 7) is 2.56. The van der Waals surface area contributed by atoms with Crippen LogP contribution in [0.25, 0.3) is 0 Å². The van der Waals surface area contributed by atoms with Crippen molar-refractivity contribution >= 4 is 21.6 Å². The zero-order valence-corrected chi connectivity index (χ0v) is 20.5. The molecule has 31 heavy (non-hydrogen) atoms. The van der Waals surface area contributed by atoms with E-state index in [-0.39, 0.29) is 0 Å². The van der Waals surface area contributed by atoms with E-state index in [1.807, 2.05) is 6.07 Å². The van der Waals surface area contributed by atoms with E-state index in [9.17, 15) is 0 Å². The molecular formula is C27H34BrNO2. The number of alkyl halides is 1. The third kappa shape index (κ3) is 3.75. The summed E-state index contributed by atoms with van der Waals surface area (Å²) in [7, 11) is 3.51. The average molecular weight is 484 g/mol. The highest BCUT2D eigenvalue weighted by Gasteiger charge is 2.54. The number of hydrogen-bond donors (Lipinski definition) is 1. The summed E-state index contributed by atoms with van der Waals surface area (Å²) in [6.07, 6.45) is 7.53. The van der Waals surface area contributed by atoms with Gasteiger partial charge in [0.15, 0.2) is 0 Å². The Kier molecular flexibility index (Phi) is 5.70. The van der Waals surface area contributed by atoms with Crippen molar-refractivity contribution in [2.45, 2.75) is 62.2 Å². The molecule has 0 spiro atoms. The van der Waals surface area contributed by atoms with E-state index in [1.54, 1.807) is 19.8 Å². The minimum Gasteiger partial charge on any atom is -0.497 e. The van der Waals surface area contributed by atoms with Gasteiger partial charge >= 0.3 is 0 Å². The number of nitrogens with one attached hydrogen (secondary N) is 1. The first-order valence-electron chi connectivity index (χ1n) is 11.7. The number of ether oxygens (including phenoxy) is 2. The first-order chi connectivity index (χ1) is 15.0. The number of aryl methyl sites for hydroxylation is 1. The Morgan fingerprint density at radius 2 is 1.81 bits per heavy atom. The first kappa shape index (κ1) is 21.2. The smallest absolute Gasteiger partial charge is 0.120 e. The molecule has 0 amide bonds. The van der Waals surface area contributed by atoms with Crippen molar-refractivity contribution in [1.29, 1.82) is 0 Å². The lowest BCUT2D eigenvalue weighted by molar-refractivity contribution is -0.0109. The second kappa shape index (κ2) is 8.35. The minimum atomic E-state index is 0.318. The van der Waals surface area contributed by atoms with Crippen molar-refractivity contribution < 1.29 is 9.47 Å². The quantitative estimate of drug-likeness (QED) is 0.484. The molecule has 2 saturated carbocycles. The Labute approximate surface area is 195 Å². The number of benzene rings is 2. The molecule has 0 unspecified atom stereocenters. The van der Waals surface area contributed by atoms with Crippen molar-refractivity contribution in [3.63, 3.8) is 0 Å². The van der Waals surface area contributed by atoms with Crippen LogP contribution in [0.3, 0.4) is 0 Å². The average Bonchev–Trinajstić information content (AvgIpc) is 2.79. The normalized spacial score (nSPS) is 34.1. The van der Waals surface area contributed by atoms with Gasteiger partial charge < -0.3 is 14.8 Å². The Bertz CT molecular complexity index is 947. The van der Waals surface area contributed by atoms with Crippen LogP contribution in [0.15, 0.2) is 42.5 Å². The lowest BCUT2D eigenvalue weighted by Gasteiger charge is -2.58. The highest BCUT2D eigenvalue weighted by molar-refractivity contribution is 9.09. The summed E-state index contributed by atoms with van der Waals surface area (Å²) >= 11 is 4.04. The Hall–Kier alpha value is -1.68. The zero-order chi connectivity index (χ0) is 21.6. The molecule has 0 aliphatic heterocycles. The Morgan fingerprint density at radius 3 is 2.61 bits per heavy atom. The molecule has 4 heteroatoms. The number of methoxy groups -OCH3 is 2. The summed E-state index contributed by atoms with van der Waals surface area (Å²) in [6, 6.07) is 15.7. The van der Waals surface area contributed by atoms with Crippen LogP contribution in [0, 0.1) is 17.3 Å². The molecule has 2 aromatic rings. The molecule has 3 nitrogen and oxygen atoms in total. The molecule has 1 N–H and O–H groups in total. The van der Waals surface area contributed by atoms with Gasteiger partial charge in [-0.3, -0.25) is 0 Å². The van der Waals surface area contributed by atoms with Gasteiger partial charge in [-0.2, -0.15) is 0 Å². The van der Waals surface area contributed by atoms with E-state index >= 15 is 0 Å².